The summed E-state index contributed by atoms with van der Waals surface area (Å²) in [5.41, 5.74) is 1.01. The van der Waals surface area contributed by atoms with Crippen molar-refractivity contribution in [3.05, 3.63) is 11.4 Å². The Bertz CT molecular complexity index is 689. The van der Waals surface area contributed by atoms with E-state index in [0.717, 1.165) is 25.9 Å². The Balaban J connectivity index is 1.72. The van der Waals surface area contributed by atoms with Crippen LogP contribution in [0.25, 0.3) is 0 Å². The number of amides is 1. The lowest BCUT2D eigenvalue weighted by Gasteiger charge is -2.31. The zero-order valence-electron chi connectivity index (χ0n) is 14.1. The first-order chi connectivity index (χ1) is 11.4. The number of aryl methyl sites for hydroxylation is 2. The molecule has 24 heavy (non-hydrogen) atoms. The van der Waals surface area contributed by atoms with Gasteiger partial charge in [0.25, 0.3) is 0 Å². The Morgan fingerprint density at radius 1 is 1.33 bits per heavy atom. The molecule has 2 atom stereocenters. The number of piperidine rings is 1. The van der Waals surface area contributed by atoms with Crippen LogP contribution in [0.4, 0.5) is 0 Å². The molecule has 134 valence electrons. The first-order valence-electron chi connectivity index (χ1n) is 8.42. The number of nitrogens with one attached hydrogen (secondary N) is 3. The summed E-state index contributed by atoms with van der Waals surface area (Å²) in [6.45, 7) is 5.76. The molecule has 0 saturated carbocycles. The lowest BCUT2D eigenvalue weighted by Crippen LogP contribution is -2.48. The van der Waals surface area contributed by atoms with E-state index in [2.05, 4.69) is 20.8 Å². The highest BCUT2D eigenvalue weighted by molar-refractivity contribution is 7.89. The number of hydrogen-bond acceptors (Lipinski definition) is 5. The molecule has 0 aromatic carbocycles. The van der Waals surface area contributed by atoms with Crippen LogP contribution in [0.1, 0.15) is 30.7 Å². The van der Waals surface area contributed by atoms with E-state index in [1.165, 1.54) is 4.31 Å². The fourth-order valence-corrected chi connectivity index (χ4v) is 5.38. The standard InChI is InChI=1S/C15H25N5O3S/c1-10-14(11(2)19-18-10)24(22,23)20-7-3-4-12(9-20)15(21)17-13-5-6-16-8-13/h12-13,16H,3-9H2,1-2H3,(H,17,21)(H,18,19). The number of aromatic amines is 1. The largest absolute Gasteiger partial charge is 0.352 e. The molecule has 3 rings (SSSR count). The van der Waals surface area contributed by atoms with E-state index in [1.54, 1.807) is 13.8 Å². The van der Waals surface area contributed by atoms with E-state index in [1.807, 2.05) is 0 Å². The Morgan fingerprint density at radius 3 is 2.75 bits per heavy atom. The summed E-state index contributed by atoms with van der Waals surface area (Å²) in [6.07, 6.45) is 2.34. The van der Waals surface area contributed by atoms with E-state index in [4.69, 9.17) is 0 Å². The third kappa shape index (κ3) is 3.33. The predicted molar refractivity (Wildman–Crippen MR) is 89.0 cm³/mol. The van der Waals surface area contributed by atoms with Crippen molar-refractivity contribution in [2.24, 2.45) is 5.92 Å². The van der Waals surface area contributed by atoms with Gasteiger partial charge in [0.1, 0.15) is 4.90 Å². The molecule has 2 unspecified atom stereocenters. The highest BCUT2D eigenvalue weighted by Gasteiger charge is 2.36. The molecule has 0 bridgehead atoms. The van der Waals surface area contributed by atoms with Crippen molar-refractivity contribution in [1.82, 2.24) is 25.1 Å². The molecular formula is C15H25N5O3S. The number of carbonyl (C=O) groups excluding carboxylic acids is 1. The second-order valence-electron chi connectivity index (χ2n) is 6.66. The van der Waals surface area contributed by atoms with E-state index in [0.29, 0.717) is 24.4 Å². The summed E-state index contributed by atoms with van der Waals surface area (Å²) in [7, 11) is -3.63. The van der Waals surface area contributed by atoms with Gasteiger partial charge >= 0.3 is 0 Å². The fraction of sp³-hybridized carbons (Fsp3) is 0.733. The van der Waals surface area contributed by atoms with Gasteiger partial charge in [-0.15, -0.1) is 0 Å². The minimum atomic E-state index is -3.63. The predicted octanol–water partition coefficient (Wildman–Crippen LogP) is -0.0947. The van der Waals surface area contributed by atoms with Crippen LogP contribution >= 0.6 is 0 Å². The number of rotatable bonds is 4. The molecule has 0 radical (unpaired) electrons. The summed E-state index contributed by atoms with van der Waals surface area (Å²) in [5.74, 6) is -0.328. The molecule has 2 aliphatic rings. The molecule has 8 nitrogen and oxygen atoms in total. The van der Waals surface area contributed by atoms with Gasteiger partial charge in [-0.25, -0.2) is 8.42 Å². The Kier molecular flexibility index (Phi) is 4.93. The molecule has 1 aromatic heterocycles. The van der Waals surface area contributed by atoms with Crippen molar-refractivity contribution < 1.29 is 13.2 Å². The quantitative estimate of drug-likeness (QED) is 0.699. The van der Waals surface area contributed by atoms with Gasteiger partial charge in [-0.2, -0.15) is 9.40 Å². The molecule has 2 fully saturated rings. The molecule has 9 heteroatoms. The zero-order chi connectivity index (χ0) is 17.3. The smallest absolute Gasteiger partial charge is 0.246 e. The molecule has 0 spiro atoms. The molecule has 2 aliphatic heterocycles. The third-order valence-corrected chi connectivity index (χ3v) is 6.95. The molecule has 1 aromatic rings. The minimum Gasteiger partial charge on any atom is -0.352 e. The van der Waals surface area contributed by atoms with Crippen LogP contribution < -0.4 is 10.6 Å². The van der Waals surface area contributed by atoms with Crippen LogP contribution in [0.3, 0.4) is 0 Å². The van der Waals surface area contributed by atoms with Crippen LogP contribution in [0, 0.1) is 19.8 Å². The second-order valence-corrected chi connectivity index (χ2v) is 8.54. The van der Waals surface area contributed by atoms with Gasteiger partial charge in [0.05, 0.1) is 17.3 Å². The number of sulfonamides is 1. The maximum absolute atomic E-state index is 12.9. The number of H-pyrrole nitrogens is 1. The van der Waals surface area contributed by atoms with Crippen molar-refractivity contribution in [3.8, 4) is 0 Å². The van der Waals surface area contributed by atoms with Gasteiger partial charge < -0.3 is 10.6 Å². The van der Waals surface area contributed by atoms with E-state index in [9.17, 15) is 13.2 Å². The first-order valence-corrected chi connectivity index (χ1v) is 9.86. The molecule has 0 aliphatic carbocycles. The lowest BCUT2D eigenvalue weighted by molar-refractivity contribution is -0.126. The normalized spacial score (nSPS) is 25.8. The van der Waals surface area contributed by atoms with Crippen LogP contribution in [0.2, 0.25) is 0 Å². The van der Waals surface area contributed by atoms with Crippen molar-refractivity contribution in [2.75, 3.05) is 26.2 Å². The van der Waals surface area contributed by atoms with Gasteiger partial charge in [0.15, 0.2) is 0 Å². The topological polar surface area (TPSA) is 107 Å². The summed E-state index contributed by atoms with van der Waals surface area (Å²) in [4.78, 5) is 12.7. The SMILES string of the molecule is Cc1n[nH]c(C)c1S(=O)(=O)N1CCCC(C(=O)NC2CCNC2)C1. The third-order valence-electron chi connectivity index (χ3n) is 4.82. The first kappa shape index (κ1) is 17.4. The lowest BCUT2D eigenvalue weighted by atomic mass is 9.98. The van der Waals surface area contributed by atoms with Gasteiger partial charge in [0, 0.05) is 25.7 Å². The molecular weight excluding hydrogens is 330 g/mol. The Labute approximate surface area is 142 Å². The van der Waals surface area contributed by atoms with Crippen LogP contribution in [0.15, 0.2) is 4.90 Å². The molecule has 1 amide bonds. The van der Waals surface area contributed by atoms with E-state index < -0.39 is 10.0 Å². The van der Waals surface area contributed by atoms with Crippen LogP contribution in [-0.2, 0) is 14.8 Å². The van der Waals surface area contributed by atoms with Gasteiger partial charge in [0.2, 0.25) is 15.9 Å². The van der Waals surface area contributed by atoms with Crippen molar-refractivity contribution in [2.45, 2.75) is 44.0 Å². The highest BCUT2D eigenvalue weighted by Crippen LogP contribution is 2.27. The molecule has 3 heterocycles. The average Bonchev–Trinajstić information content (AvgIpc) is 3.17. The van der Waals surface area contributed by atoms with Crippen molar-refractivity contribution in [3.63, 3.8) is 0 Å². The maximum Gasteiger partial charge on any atom is 0.246 e. The second kappa shape index (κ2) is 6.81. The number of nitrogens with zero attached hydrogens (tertiary/aromatic N) is 2. The summed E-state index contributed by atoms with van der Waals surface area (Å²) in [5, 5.41) is 13.0. The van der Waals surface area contributed by atoms with E-state index >= 15 is 0 Å². The monoisotopic (exact) mass is 355 g/mol. The fourth-order valence-electron chi connectivity index (χ4n) is 3.52. The zero-order valence-corrected chi connectivity index (χ0v) is 14.9. The summed E-state index contributed by atoms with van der Waals surface area (Å²) in [6, 6.07) is 0.155. The number of carbonyl (C=O) groups is 1. The van der Waals surface area contributed by atoms with Crippen LogP contribution in [-0.4, -0.2) is 61.0 Å². The molecule has 3 N–H and O–H groups in total. The summed E-state index contributed by atoms with van der Waals surface area (Å²) < 4.78 is 27.3. The van der Waals surface area contributed by atoms with Gasteiger partial charge in [-0.3, -0.25) is 9.89 Å². The molecule has 2 saturated heterocycles. The minimum absolute atomic E-state index is 0.0377. The number of hydrogen-bond donors (Lipinski definition) is 3. The van der Waals surface area contributed by atoms with E-state index in [-0.39, 0.29) is 29.3 Å². The maximum atomic E-state index is 12.9. The van der Waals surface area contributed by atoms with Gasteiger partial charge in [-0.05, 0) is 39.7 Å². The number of aromatic nitrogens is 2. The van der Waals surface area contributed by atoms with Gasteiger partial charge in [-0.1, -0.05) is 0 Å². The van der Waals surface area contributed by atoms with Crippen molar-refractivity contribution in [1.29, 1.82) is 0 Å². The van der Waals surface area contributed by atoms with Crippen molar-refractivity contribution >= 4 is 15.9 Å². The average molecular weight is 355 g/mol. The Morgan fingerprint density at radius 2 is 2.12 bits per heavy atom. The summed E-state index contributed by atoms with van der Waals surface area (Å²) >= 11 is 0. The highest BCUT2D eigenvalue weighted by atomic mass is 32.2. The van der Waals surface area contributed by atoms with Crippen LogP contribution in [0.5, 0.6) is 0 Å². The Hall–Kier alpha value is -1.45.